The van der Waals surface area contributed by atoms with Crippen molar-refractivity contribution in [3.63, 3.8) is 0 Å². The van der Waals surface area contributed by atoms with Gasteiger partial charge >= 0.3 is 5.97 Å². The molecule has 0 bridgehead atoms. The molecule has 0 aromatic heterocycles. The maximum absolute atomic E-state index is 10.9. The zero-order valence-corrected chi connectivity index (χ0v) is 13.5. The maximum atomic E-state index is 10.9. The molecule has 3 rings (SSSR count). The molecule has 1 aliphatic rings. The fourth-order valence-corrected chi connectivity index (χ4v) is 2.91. The molecule has 5 nitrogen and oxygen atoms in total. The number of nitrogens with one attached hydrogen (secondary N) is 1. The van der Waals surface area contributed by atoms with E-state index in [1.807, 2.05) is 30.3 Å². The Labute approximate surface area is 140 Å². The fraction of sp³-hybridized carbons (Fsp3) is 0.316. The summed E-state index contributed by atoms with van der Waals surface area (Å²) in [5.74, 6) is -1.06. The van der Waals surface area contributed by atoms with Gasteiger partial charge in [0.2, 0.25) is 0 Å². The summed E-state index contributed by atoms with van der Waals surface area (Å²) in [6, 6.07) is 15.4. The van der Waals surface area contributed by atoms with E-state index in [1.165, 1.54) is 11.1 Å². The lowest BCUT2D eigenvalue weighted by Crippen LogP contribution is -2.40. The quantitative estimate of drug-likeness (QED) is 0.782. The van der Waals surface area contributed by atoms with Crippen LogP contribution in [0.25, 0.3) is 11.1 Å². The van der Waals surface area contributed by atoms with Gasteiger partial charge in [0.1, 0.15) is 12.1 Å². The van der Waals surface area contributed by atoms with E-state index in [1.54, 1.807) is 0 Å². The highest BCUT2D eigenvalue weighted by Crippen LogP contribution is 2.21. The first-order valence-electron chi connectivity index (χ1n) is 7.96. The predicted octanol–water partition coefficient (Wildman–Crippen LogP) is 1.96. The summed E-state index contributed by atoms with van der Waals surface area (Å²) in [6.45, 7) is 2.74. The SMILES string of the molecule is Cc1cccc(-c2ccc(CO[C@@H]3CN[C@H](C(=O)O)[C@H]3O)cc2)c1. The first kappa shape index (κ1) is 16.6. The van der Waals surface area contributed by atoms with Gasteiger partial charge in [-0.15, -0.1) is 0 Å². The van der Waals surface area contributed by atoms with Gasteiger partial charge < -0.3 is 14.9 Å². The molecule has 126 valence electrons. The van der Waals surface area contributed by atoms with Gasteiger partial charge in [0, 0.05) is 6.54 Å². The zero-order valence-electron chi connectivity index (χ0n) is 13.5. The van der Waals surface area contributed by atoms with Crippen molar-refractivity contribution >= 4 is 5.97 Å². The molecule has 0 aliphatic carbocycles. The van der Waals surface area contributed by atoms with Gasteiger partial charge in [-0.05, 0) is 23.6 Å². The van der Waals surface area contributed by atoms with Gasteiger partial charge in [0.25, 0.3) is 0 Å². The first-order valence-corrected chi connectivity index (χ1v) is 7.96. The molecular formula is C19H21NO4. The molecule has 0 saturated carbocycles. The highest BCUT2D eigenvalue weighted by atomic mass is 16.5. The van der Waals surface area contributed by atoms with Crippen LogP contribution in [-0.2, 0) is 16.1 Å². The van der Waals surface area contributed by atoms with E-state index >= 15 is 0 Å². The molecule has 1 fully saturated rings. The first-order chi connectivity index (χ1) is 11.5. The molecule has 5 heteroatoms. The summed E-state index contributed by atoms with van der Waals surface area (Å²) >= 11 is 0. The second kappa shape index (κ2) is 7.13. The standard InChI is InChI=1S/C19H21NO4/c1-12-3-2-4-15(9-12)14-7-5-13(6-8-14)11-24-16-10-20-17(18(16)21)19(22)23/h2-9,16-18,20-21H,10-11H2,1H3,(H,22,23)/t16-,17+,18+/m1/s1. The summed E-state index contributed by atoms with van der Waals surface area (Å²) in [6.07, 6.45) is -1.54. The van der Waals surface area contributed by atoms with Gasteiger partial charge in [-0.25, -0.2) is 0 Å². The van der Waals surface area contributed by atoms with E-state index in [0.29, 0.717) is 13.2 Å². The van der Waals surface area contributed by atoms with Gasteiger partial charge in [-0.1, -0.05) is 54.1 Å². The summed E-state index contributed by atoms with van der Waals surface area (Å²) in [5, 5.41) is 21.7. The van der Waals surface area contributed by atoms with Crippen LogP contribution < -0.4 is 5.32 Å². The number of aliphatic hydroxyl groups excluding tert-OH is 1. The molecule has 24 heavy (non-hydrogen) atoms. The third kappa shape index (κ3) is 3.64. The Morgan fingerprint density at radius 1 is 1.21 bits per heavy atom. The third-order valence-corrected chi connectivity index (χ3v) is 4.30. The molecular weight excluding hydrogens is 306 g/mol. The fourth-order valence-electron chi connectivity index (χ4n) is 2.91. The average molecular weight is 327 g/mol. The highest BCUT2D eigenvalue weighted by Gasteiger charge is 2.39. The second-order valence-electron chi connectivity index (χ2n) is 6.13. The Kier molecular flexibility index (Phi) is 4.94. The number of ether oxygens (including phenoxy) is 1. The van der Waals surface area contributed by atoms with E-state index in [9.17, 15) is 9.90 Å². The van der Waals surface area contributed by atoms with Crippen LogP contribution in [0.1, 0.15) is 11.1 Å². The van der Waals surface area contributed by atoms with Crippen molar-refractivity contribution in [1.82, 2.24) is 5.32 Å². The number of carbonyl (C=O) groups is 1. The molecule has 3 N–H and O–H groups in total. The topological polar surface area (TPSA) is 78.8 Å². The van der Waals surface area contributed by atoms with Crippen LogP contribution in [0.2, 0.25) is 0 Å². The van der Waals surface area contributed by atoms with Crippen molar-refractivity contribution < 1.29 is 19.7 Å². The van der Waals surface area contributed by atoms with Crippen LogP contribution in [0.4, 0.5) is 0 Å². The van der Waals surface area contributed by atoms with Crippen LogP contribution in [-0.4, -0.2) is 41.0 Å². The largest absolute Gasteiger partial charge is 0.480 e. The average Bonchev–Trinajstić information content (AvgIpc) is 2.94. The van der Waals surface area contributed by atoms with E-state index < -0.39 is 24.2 Å². The van der Waals surface area contributed by atoms with Crippen molar-refractivity contribution in [1.29, 1.82) is 0 Å². The Morgan fingerprint density at radius 2 is 1.96 bits per heavy atom. The molecule has 0 spiro atoms. The summed E-state index contributed by atoms with van der Waals surface area (Å²) in [4.78, 5) is 10.9. The summed E-state index contributed by atoms with van der Waals surface area (Å²) in [5.41, 5.74) is 4.51. The van der Waals surface area contributed by atoms with Crippen LogP contribution in [0.5, 0.6) is 0 Å². The van der Waals surface area contributed by atoms with Gasteiger partial charge in [0.05, 0.1) is 12.7 Å². The Morgan fingerprint density at radius 3 is 2.58 bits per heavy atom. The number of benzene rings is 2. The number of hydrogen-bond acceptors (Lipinski definition) is 4. The van der Waals surface area contributed by atoms with Crippen LogP contribution in [0.15, 0.2) is 48.5 Å². The lowest BCUT2D eigenvalue weighted by atomic mass is 10.0. The Balaban J connectivity index is 1.60. The minimum Gasteiger partial charge on any atom is -0.480 e. The minimum atomic E-state index is -1.06. The normalized spacial score (nSPS) is 23.3. The molecule has 2 aromatic rings. The molecule has 1 heterocycles. The minimum absolute atomic E-state index is 0.333. The Hall–Kier alpha value is -2.21. The Bertz CT molecular complexity index is 714. The molecule has 1 saturated heterocycles. The van der Waals surface area contributed by atoms with Crippen molar-refractivity contribution in [2.45, 2.75) is 31.8 Å². The zero-order chi connectivity index (χ0) is 17.1. The van der Waals surface area contributed by atoms with Crippen molar-refractivity contribution in [2.75, 3.05) is 6.54 Å². The molecule has 0 unspecified atom stereocenters. The number of rotatable bonds is 5. The smallest absolute Gasteiger partial charge is 0.323 e. The number of carboxylic acid groups (broad SMARTS) is 1. The van der Waals surface area contributed by atoms with Crippen LogP contribution in [0.3, 0.4) is 0 Å². The lowest BCUT2D eigenvalue weighted by Gasteiger charge is -2.16. The number of hydrogen-bond donors (Lipinski definition) is 3. The maximum Gasteiger partial charge on any atom is 0.323 e. The van der Waals surface area contributed by atoms with Gasteiger partial charge in [-0.2, -0.15) is 0 Å². The van der Waals surface area contributed by atoms with Crippen molar-refractivity contribution in [3.8, 4) is 11.1 Å². The van der Waals surface area contributed by atoms with Gasteiger partial charge in [-0.3, -0.25) is 10.1 Å². The van der Waals surface area contributed by atoms with E-state index in [2.05, 4.69) is 30.4 Å². The molecule has 0 amide bonds. The number of aliphatic carboxylic acids is 1. The monoisotopic (exact) mass is 327 g/mol. The predicted molar refractivity (Wildman–Crippen MR) is 90.6 cm³/mol. The highest BCUT2D eigenvalue weighted by molar-refractivity contribution is 5.75. The number of carboxylic acids is 1. The molecule has 3 atom stereocenters. The van der Waals surface area contributed by atoms with Crippen LogP contribution >= 0.6 is 0 Å². The molecule has 2 aromatic carbocycles. The van der Waals surface area contributed by atoms with E-state index in [4.69, 9.17) is 9.84 Å². The van der Waals surface area contributed by atoms with Crippen LogP contribution in [0, 0.1) is 6.92 Å². The van der Waals surface area contributed by atoms with Crippen molar-refractivity contribution in [2.24, 2.45) is 0 Å². The van der Waals surface area contributed by atoms with E-state index in [-0.39, 0.29) is 0 Å². The number of aliphatic hydroxyl groups is 1. The second-order valence-corrected chi connectivity index (χ2v) is 6.13. The van der Waals surface area contributed by atoms with E-state index in [0.717, 1.165) is 11.1 Å². The summed E-state index contributed by atoms with van der Waals surface area (Å²) < 4.78 is 5.67. The molecule has 1 aliphatic heterocycles. The van der Waals surface area contributed by atoms with Crippen molar-refractivity contribution in [3.05, 3.63) is 59.7 Å². The van der Waals surface area contributed by atoms with Gasteiger partial charge in [0.15, 0.2) is 0 Å². The molecule has 0 radical (unpaired) electrons. The lowest BCUT2D eigenvalue weighted by molar-refractivity contribution is -0.142. The number of aryl methyl sites for hydroxylation is 1. The third-order valence-electron chi connectivity index (χ3n) is 4.30. The summed E-state index contributed by atoms with van der Waals surface area (Å²) in [7, 11) is 0.